The number of nitrogens with zero attached hydrogens (tertiary/aromatic N) is 1. The van der Waals surface area contributed by atoms with E-state index in [0.29, 0.717) is 18.7 Å². The van der Waals surface area contributed by atoms with Crippen LogP contribution in [0.15, 0.2) is 54.6 Å². The van der Waals surface area contributed by atoms with E-state index in [1.54, 1.807) is 4.90 Å². The summed E-state index contributed by atoms with van der Waals surface area (Å²) in [5.41, 5.74) is 2.36. The molecule has 5 heteroatoms. The summed E-state index contributed by atoms with van der Waals surface area (Å²) >= 11 is 0. The molecule has 1 saturated carbocycles. The molecule has 166 valence electrons. The lowest BCUT2D eigenvalue weighted by Crippen LogP contribution is -2.51. The van der Waals surface area contributed by atoms with Gasteiger partial charge in [-0.15, -0.1) is 0 Å². The highest BCUT2D eigenvalue weighted by atomic mass is 16.5. The van der Waals surface area contributed by atoms with Gasteiger partial charge in [-0.25, -0.2) is 0 Å². The second-order valence-corrected chi connectivity index (χ2v) is 8.27. The number of benzene rings is 2. The quantitative estimate of drug-likeness (QED) is 0.626. The Kier molecular flexibility index (Phi) is 8.51. The topological polar surface area (TPSA) is 58.6 Å². The molecule has 31 heavy (non-hydrogen) atoms. The predicted molar refractivity (Wildman–Crippen MR) is 123 cm³/mol. The smallest absolute Gasteiger partial charge is 0.261 e. The van der Waals surface area contributed by atoms with Crippen LogP contribution in [0.1, 0.15) is 50.7 Å². The molecule has 0 saturated heterocycles. The number of amides is 2. The van der Waals surface area contributed by atoms with Crippen molar-refractivity contribution in [2.75, 3.05) is 13.2 Å². The van der Waals surface area contributed by atoms with Gasteiger partial charge in [0.05, 0.1) is 0 Å². The van der Waals surface area contributed by atoms with E-state index in [4.69, 9.17) is 4.74 Å². The van der Waals surface area contributed by atoms with Gasteiger partial charge in [0.1, 0.15) is 11.8 Å². The minimum absolute atomic E-state index is 0.0820. The molecule has 0 aliphatic heterocycles. The monoisotopic (exact) mass is 422 g/mol. The van der Waals surface area contributed by atoms with E-state index in [9.17, 15) is 9.59 Å². The maximum Gasteiger partial charge on any atom is 0.261 e. The molecule has 5 nitrogen and oxygen atoms in total. The molecule has 2 aromatic carbocycles. The van der Waals surface area contributed by atoms with Crippen molar-refractivity contribution in [3.05, 3.63) is 65.7 Å². The predicted octanol–water partition coefficient (Wildman–Crippen LogP) is 4.15. The largest absolute Gasteiger partial charge is 0.484 e. The van der Waals surface area contributed by atoms with Gasteiger partial charge >= 0.3 is 0 Å². The molecule has 2 amide bonds. The molecule has 0 radical (unpaired) electrons. The lowest BCUT2D eigenvalue weighted by molar-refractivity contribution is -0.141. The standard InChI is InChI=1S/C26H34N2O3/c1-3-21-13-15-24(16-14-21)31-19-25(29)28(18-17-22-9-5-4-6-10-22)20(2)26(30)27-23-11-7-8-12-23/h4-6,9-10,13-16,20,23H,3,7-8,11-12,17-19H2,1-2H3,(H,27,30)/t20-/m0/s1. The molecule has 0 bridgehead atoms. The van der Waals surface area contributed by atoms with Crippen molar-refractivity contribution in [2.45, 2.75) is 64.5 Å². The molecule has 2 aromatic rings. The first-order chi connectivity index (χ1) is 15.1. The van der Waals surface area contributed by atoms with Crippen LogP contribution in [0.25, 0.3) is 0 Å². The van der Waals surface area contributed by atoms with Crippen LogP contribution >= 0.6 is 0 Å². The van der Waals surface area contributed by atoms with Crippen LogP contribution in [-0.2, 0) is 22.4 Å². The molecule has 1 aliphatic rings. The average molecular weight is 423 g/mol. The van der Waals surface area contributed by atoms with Crippen molar-refractivity contribution >= 4 is 11.8 Å². The van der Waals surface area contributed by atoms with Crippen LogP contribution in [-0.4, -0.2) is 41.9 Å². The Morgan fingerprint density at radius 2 is 1.71 bits per heavy atom. The Labute approximate surface area is 185 Å². The van der Waals surface area contributed by atoms with Gasteiger partial charge < -0.3 is 15.0 Å². The zero-order valence-electron chi connectivity index (χ0n) is 18.7. The Bertz CT molecular complexity index is 829. The summed E-state index contributed by atoms with van der Waals surface area (Å²) in [6.07, 6.45) is 6.00. The molecule has 0 aromatic heterocycles. The highest BCUT2D eigenvalue weighted by molar-refractivity contribution is 5.88. The van der Waals surface area contributed by atoms with Gasteiger partial charge in [0.2, 0.25) is 5.91 Å². The van der Waals surface area contributed by atoms with Gasteiger partial charge in [-0.1, -0.05) is 62.2 Å². The first-order valence-corrected chi connectivity index (χ1v) is 11.4. The third-order valence-corrected chi connectivity index (χ3v) is 6.05. The Morgan fingerprint density at radius 1 is 1.03 bits per heavy atom. The Balaban J connectivity index is 1.63. The zero-order valence-corrected chi connectivity index (χ0v) is 18.7. The van der Waals surface area contributed by atoms with Gasteiger partial charge in [0.15, 0.2) is 6.61 Å². The second-order valence-electron chi connectivity index (χ2n) is 8.27. The molecule has 3 rings (SSSR count). The third-order valence-electron chi connectivity index (χ3n) is 6.05. The van der Waals surface area contributed by atoms with Crippen molar-refractivity contribution in [1.29, 1.82) is 0 Å². The molecule has 0 unspecified atom stereocenters. The van der Waals surface area contributed by atoms with Gasteiger partial charge in [0, 0.05) is 12.6 Å². The van der Waals surface area contributed by atoms with Crippen molar-refractivity contribution in [1.82, 2.24) is 10.2 Å². The van der Waals surface area contributed by atoms with Gasteiger partial charge in [-0.05, 0) is 55.9 Å². The number of nitrogens with one attached hydrogen (secondary N) is 1. The van der Waals surface area contributed by atoms with Crippen molar-refractivity contribution < 1.29 is 14.3 Å². The van der Waals surface area contributed by atoms with E-state index in [1.165, 1.54) is 5.56 Å². The molecule has 0 spiro atoms. The van der Waals surface area contributed by atoms with Gasteiger partial charge in [-0.2, -0.15) is 0 Å². The lowest BCUT2D eigenvalue weighted by Gasteiger charge is -2.29. The normalized spacial score (nSPS) is 14.8. The number of carbonyl (C=O) groups excluding carboxylic acids is 2. The molecular weight excluding hydrogens is 388 g/mol. The maximum absolute atomic E-state index is 13.1. The summed E-state index contributed by atoms with van der Waals surface area (Å²) in [7, 11) is 0. The fourth-order valence-electron chi connectivity index (χ4n) is 4.01. The maximum atomic E-state index is 13.1. The minimum atomic E-state index is -0.539. The minimum Gasteiger partial charge on any atom is -0.484 e. The first-order valence-electron chi connectivity index (χ1n) is 11.4. The summed E-state index contributed by atoms with van der Waals surface area (Å²) < 4.78 is 5.74. The SMILES string of the molecule is CCc1ccc(OCC(=O)N(CCc2ccccc2)[C@@H](C)C(=O)NC2CCCC2)cc1. The summed E-state index contributed by atoms with van der Waals surface area (Å²) in [6, 6.07) is 17.5. The van der Waals surface area contributed by atoms with Crippen molar-refractivity contribution in [3.63, 3.8) is 0 Å². The molecule has 1 aliphatic carbocycles. The molecule has 0 heterocycles. The van der Waals surface area contributed by atoms with E-state index in [0.717, 1.165) is 37.7 Å². The highest BCUT2D eigenvalue weighted by Crippen LogP contribution is 2.18. The van der Waals surface area contributed by atoms with Crippen LogP contribution < -0.4 is 10.1 Å². The van der Waals surface area contributed by atoms with Crippen LogP contribution in [0.2, 0.25) is 0 Å². The Morgan fingerprint density at radius 3 is 2.35 bits per heavy atom. The Hall–Kier alpha value is -2.82. The van der Waals surface area contributed by atoms with E-state index >= 15 is 0 Å². The lowest BCUT2D eigenvalue weighted by atomic mass is 10.1. The van der Waals surface area contributed by atoms with E-state index < -0.39 is 6.04 Å². The summed E-state index contributed by atoms with van der Waals surface area (Å²) in [4.78, 5) is 27.6. The highest BCUT2D eigenvalue weighted by Gasteiger charge is 2.28. The van der Waals surface area contributed by atoms with Crippen LogP contribution in [0.3, 0.4) is 0 Å². The zero-order chi connectivity index (χ0) is 22.1. The first kappa shape index (κ1) is 22.9. The average Bonchev–Trinajstić information content (AvgIpc) is 3.31. The summed E-state index contributed by atoms with van der Waals surface area (Å²) in [5.74, 6) is 0.404. The number of aryl methyl sites for hydroxylation is 1. The number of hydrogen-bond acceptors (Lipinski definition) is 3. The molecule has 1 atom stereocenters. The fourth-order valence-corrected chi connectivity index (χ4v) is 4.01. The van der Waals surface area contributed by atoms with Gasteiger partial charge in [0.25, 0.3) is 5.91 Å². The van der Waals surface area contributed by atoms with Crippen LogP contribution in [0, 0.1) is 0 Å². The second kappa shape index (κ2) is 11.5. The van der Waals surface area contributed by atoms with Crippen LogP contribution in [0.4, 0.5) is 0 Å². The van der Waals surface area contributed by atoms with E-state index in [-0.39, 0.29) is 24.5 Å². The van der Waals surface area contributed by atoms with E-state index in [1.807, 2.05) is 61.5 Å². The third kappa shape index (κ3) is 6.84. The van der Waals surface area contributed by atoms with E-state index in [2.05, 4.69) is 12.2 Å². The number of carbonyl (C=O) groups is 2. The van der Waals surface area contributed by atoms with Gasteiger partial charge in [-0.3, -0.25) is 9.59 Å². The fraction of sp³-hybridized carbons (Fsp3) is 0.462. The van der Waals surface area contributed by atoms with Crippen molar-refractivity contribution in [3.8, 4) is 5.75 Å². The number of hydrogen-bond donors (Lipinski definition) is 1. The van der Waals surface area contributed by atoms with Crippen molar-refractivity contribution in [2.24, 2.45) is 0 Å². The number of ether oxygens (including phenoxy) is 1. The number of rotatable bonds is 10. The summed E-state index contributed by atoms with van der Waals surface area (Å²) in [6.45, 7) is 4.30. The summed E-state index contributed by atoms with van der Waals surface area (Å²) in [5, 5.41) is 3.12. The molecule has 1 fully saturated rings. The van der Waals surface area contributed by atoms with Crippen LogP contribution in [0.5, 0.6) is 5.75 Å². The molecular formula is C26H34N2O3. The molecule has 1 N–H and O–H groups in total.